The van der Waals surface area contributed by atoms with Crippen molar-refractivity contribution in [3.8, 4) is 6.07 Å². The van der Waals surface area contributed by atoms with Gasteiger partial charge in [-0.25, -0.2) is 0 Å². The maximum absolute atomic E-state index is 11.8. The van der Waals surface area contributed by atoms with Crippen molar-refractivity contribution >= 4 is 10.2 Å². The zero-order valence-electron chi connectivity index (χ0n) is 9.10. The summed E-state index contributed by atoms with van der Waals surface area (Å²) in [5.74, 6) is 0. The summed E-state index contributed by atoms with van der Waals surface area (Å²) in [6.07, 6.45) is 2.86. The largest absolute Gasteiger partial charge is 0.280 e. The molecule has 1 N–H and O–H groups in total. The van der Waals surface area contributed by atoms with Crippen LogP contribution in [0.4, 0.5) is 0 Å². The van der Waals surface area contributed by atoms with Gasteiger partial charge in [0.25, 0.3) is 10.2 Å². The fourth-order valence-electron chi connectivity index (χ4n) is 1.75. The van der Waals surface area contributed by atoms with Crippen molar-refractivity contribution in [2.24, 2.45) is 0 Å². The summed E-state index contributed by atoms with van der Waals surface area (Å²) in [5.41, 5.74) is 0. The standard InChI is InChI=1S/C9H17N3O2S/c1-8(7-10)11-15(13,14)12-6-4-3-5-9(12)2/h8-9,11H,3-6H2,1-2H3. The van der Waals surface area contributed by atoms with Crippen LogP contribution in [0.1, 0.15) is 33.1 Å². The molecule has 86 valence electrons. The molecule has 0 bridgehead atoms. The average Bonchev–Trinajstić information content (AvgIpc) is 2.17. The maximum Gasteiger partial charge on any atom is 0.280 e. The van der Waals surface area contributed by atoms with E-state index in [1.165, 1.54) is 11.2 Å². The van der Waals surface area contributed by atoms with Crippen molar-refractivity contribution in [3.63, 3.8) is 0 Å². The summed E-state index contributed by atoms with van der Waals surface area (Å²) >= 11 is 0. The van der Waals surface area contributed by atoms with Gasteiger partial charge in [-0.1, -0.05) is 6.42 Å². The van der Waals surface area contributed by atoms with E-state index >= 15 is 0 Å². The molecular formula is C9H17N3O2S. The Morgan fingerprint density at radius 2 is 2.20 bits per heavy atom. The summed E-state index contributed by atoms with van der Waals surface area (Å²) in [6.45, 7) is 3.98. The fraction of sp³-hybridized carbons (Fsp3) is 0.889. The van der Waals surface area contributed by atoms with Crippen LogP contribution in [0.3, 0.4) is 0 Å². The molecule has 0 aromatic rings. The van der Waals surface area contributed by atoms with Crippen molar-refractivity contribution < 1.29 is 8.42 Å². The third-order valence-electron chi connectivity index (χ3n) is 2.57. The predicted molar refractivity (Wildman–Crippen MR) is 57.1 cm³/mol. The van der Waals surface area contributed by atoms with E-state index in [0.717, 1.165) is 19.3 Å². The molecule has 6 heteroatoms. The highest BCUT2D eigenvalue weighted by Crippen LogP contribution is 2.19. The number of hydrogen-bond acceptors (Lipinski definition) is 3. The molecular weight excluding hydrogens is 214 g/mol. The number of rotatable bonds is 3. The monoisotopic (exact) mass is 231 g/mol. The average molecular weight is 231 g/mol. The molecule has 1 aliphatic heterocycles. The van der Waals surface area contributed by atoms with Crippen LogP contribution >= 0.6 is 0 Å². The molecule has 0 saturated carbocycles. The van der Waals surface area contributed by atoms with Gasteiger partial charge in [-0.05, 0) is 26.7 Å². The molecule has 2 atom stereocenters. The van der Waals surface area contributed by atoms with E-state index in [1.807, 2.05) is 13.0 Å². The molecule has 0 aromatic heterocycles. The maximum atomic E-state index is 11.8. The minimum atomic E-state index is -3.48. The van der Waals surface area contributed by atoms with Gasteiger partial charge in [-0.2, -0.15) is 22.7 Å². The van der Waals surface area contributed by atoms with Crippen molar-refractivity contribution in [1.82, 2.24) is 9.03 Å². The molecule has 0 radical (unpaired) electrons. The quantitative estimate of drug-likeness (QED) is 0.773. The smallest absolute Gasteiger partial charge is 0.197 e. The highest BCUT2D eigenvalue weighted by molar-refractivity contribution is 7.87. The van der Waals surface area contributed by atoms with Gasteiger partial charge >= 0.3 is 0 Å². The van der Waals surface area contributed by atoms with Gasteiger partial charge in [0.05, 0.1) is 6.07 Å². The third-order valence-corrected chi connectivity index (χ3v) is 4.38. The first-order chi connectivity index (χ1) is 6.97. The van der Waals surface area contributed by atoms with Crippen LogP contribution in [0.5, 0.6) is 0 Å². The van der Waals surface area contributed by atoms with Gasteiger partial charge in [-0.15, -0.1) is 0 Å². The Bertz CT molecular complexity index is 347. The number of nitrogens with zero attached hydrogens (tertiary/aromatic N) is 2. The first-order valence-electron chi connectivity index (χ1n) is 5.16. The molecule has 0 amide bonds. The molecule has 0 aromatic carbocycles. The van der Waals surface area contributed by atoms with Crippen molar-refractivity contribution in [2.75, 3.05) is 6.54 Å². The summed E-state index contributed by atoms with van der Waals surface area (Å²) in [4.78, 5) is 0. The summed E-state index contributed by atoms with van der Waals surface area (Å²) in [5, 5.41) is 8.57. The van der Waals surface area contributed by atoms with Gasteiger partial charge in [0.2, 0.25) is 0 Å². The molecule has 1 saturated heterocycles. The van der Waals surface area contributed by atoms with E-state index in [9.17, 15) is 8.42 Å². The van der Waals surface area contributed by atoms with Gasteiger partial charge in [0.1, 0.15) is 6.04 Å². The van der Waals surface area contributed by atoms with Crippen molar-refractivity contribution in [3.05, 3.63) is 0 Å². The van der Waals surface area contributed by atoms with E-state index in [2.05, 4.69) is 4.72 Å². The Hall–Kier alpha value is -0.640. The normalized spacial score (nSPS) is 25.8. The number of nitrogens with one attached hydrogen (secondary N) is 1. The first-order valence-corrected chi connectivity index (χ1v) is 6.60. The fourth-order valence-corrected chi connectivity index (χ4v) is 3.33. The topological polar surface area (TPSA) is 73.2 Å². The zero-order chi connectivity index (χ0) is 11.5. The highest BCUT2D eigenvalue weighted by atomic mass is 32.2. The summed E-state index contributed by atoms with van der Waals surface area (Å²) in [7, 11) is -3.48. The molecule has 1 fully saturated rings. The van der Waals surface area contributed by atoms with E-state index in [-0.39, 0.29) is 6.04 Å². The lowest BCUT2D eigenvalue weighted by atomic mass is 10.1. The molecule has 0 spiro atoms. The van der Waals surface area contributed by atoms with Crippen LogP contribution in [0.25, 0.3) is 0 Å². The van der Waals surface area contributed by atoms with Crippen LogP contribution in [0.15, 0.2) is 0 Å². The van der Waals surface area contributed by atoms with E-state index in [4.69, 9.17) is 5.26 Å². The Kier molecular flexibility index (Phi) is 4.08. The number of hydrogen-bond donors (Lipinski definition) is 1. The summed E-state index contributed by atoms with van der Waals surface area (Å²) < 4.78 is 27.4. The Labute approximate surface area is 91.3 Å². The van der Waals surface area contributed by atoms with Gasteiger partial charge < -0.3 is 0 Å². The van der Waals surface area contributed by atoms with Crippen LogP contribution in [-0.2, 0) is 10.2 Å². The lowest BCUT2D eigenvalue weighted by molar-refractivity contribution is 0.265. The molecule has 1 aliphatic rings. The van der Waals surface area contributed by atoms with Gasteiger partial charge in [0.15, 0.2) is 0 Å². The zero-order valence-corrected chi connectivity index (χ0v) is 9.92. The van der Waals surface area contributed by atoms with Gasteiger partial charge in [-0.3, -0.25) is 0 Å². The lowest BCUT2D eigenvalue weighted by Gasteiger charge is -2.32. The Morgan fingerprint density at radius 3 is 2.73 bits per heavy atom. The predicted octanol–water partition coefficient (Wildman–Crippen LogP) is 0.607. The van der Waals surface area contributed by atoms with E-state index < -0.39 is 16.3 Å². The minimum absolute atomic E-state index is 0.0298. The highest BCUT2D eigenvalue weighted by Gasteiger charge is 2.30. The second-order valence-corrected chi connectivity index (χ2v) is 5.58. The van der Waals surface area contributed by atoms with Crippen LogP contribution < -0.4 is 4.72 Å². The van der Waals surface area contributed by atoms with Crippen LogP contribution in [-0.4, -0.2) is 31.4 Å². The Morgan fingerprint density at radius 1 is 1.53 bits per heavy atom. The first kappa shape index (κ1) is 12.4. The second-order valence-electron chi connectivity index (χ2n) is 3.93. The number of piperidine rings is 1. The van der Waals surface area contributed by atoms with Crippen LogP contribution in [0.2, 0.25) is 0 Å². The molecule has 0 aliphatic carbocycles. The number of nitriles is 1. The molecule has 1 heterocycles. The second kappa shape index (κ2) is 4.92. The molecule has 5 nitrogen and oxygen atoms in total. The van der Waals surface area contributed by atoms with Crippen molar-refractivity contribution in [1.29, 1.82) is 5.26 Å². The van der Waals surface area contributed by atoms with Crippen molar-refractivity contribution in [2.45, 2.75) is 45.2 Å². The molecule has 2 unspecified atom stereocenters. The summed E-state index contributed by atoms with van der Waals surface area (Å²) in [6, 6.07) is 1.21. The van der Waals surface area contributed by atoms with E-state index in [0.29, 0.717) is 6.54 Å². The van der Waals surface area contributed by atoms with E-state index in [1.54, 1.807) is 0 Å². The SMILES string of the molecule is CC(C#N)NS(=O)(=O)N1CCCCC1C. The molecule has 15 heavy (non-hydrogen) atoms. The lowest BCUT2D eigenvalue weighted by Crippen LogP contribution is -2.49. The van der Waals surface area contributed by atoms with Gasteiger partial charge in [0, 0.05) is 12.6 Å². The Balaban J connectivity index is 2.72. The minimum Gasteiger partial charge on any atom is -0.197 e. The van der Waals surface area contributed by atoms with Crippen LogP contribution in [0, 0.1) is 11.3 Å². The molecule has 1 rings (SSSR count). The third kappa shape index (κ3) is 3.16.